The molecule has 0 bridgehead atoms. The molecule has 0 spiro atoms. The first-order valence-corrected chi connectivity index (χ1v) is 8.11. The zero-order chi connectivity index (χ0) is 13.7. The van der Waals surface area contributed by atoms with Crippen LogP contribution < -0.4 is 5.32 Å². The molecular weight excluding hydrogens is 277 g/mol. The van der Waals surface area contributed by atoms with E-state index in [1.54, 1.807) is 0 Å². The van der Waals surface area contributed by atoms with Crippen molar-refractivity contribution in [3.63, 3.8) is 0 Å². The Hall–Kier alpha value is -0.240. The van der Waals surface area contributed by atoms with Gasteiger partial charge in [-0.2, -0.15) is 0 Å². The zero-order valence-corrected chi connectivity index (χ0v) is 13.1. The summed E-state index contributed by atoms with van der Waals surface area (Å²) in [5.74, 6) is 1.54. The lowest BCUT2D eigenvalue weighted by Crippen LogP contribution is -2.26. The van der Waals surface area contributed by atoms with Crippen LogP contribution >= 0.6 is 23.2 Å². The second kappa shape index (κ2) is 7.52. The van der Waals surface area contributed by atoms with Gasteiger partial charge in [0.1, 0.15) is 0 Å². The van der Waals surface area contributed by atoms with Crippen molar-refractivity contribution in [2.75, 3.05) is 13.1 Å². The van der Waals surface area contributed by atoms with Gasteiger partial charge in [0.15, 0.2) is 0 Å². The largest absolute Gasteiger partial charge is 0.316 e. The highest BCUT2D eigenvalue weighted by Crippen LogP contribution is 2.36. The molecule has 3 heteroatoms. The van der Waals surface area contributed by atoms with E-state index in [9.17, 15) is 0 Å². The quantitative estimate of drug-likeness (QED) is 0.733. The third-order valence-corrected chi connectivity index (χ3v) is 5.02. The zero-order valence-electron chi connectivity index (χ0n) is 11.6. The van der Waals surface area contributed by atoms with Gasteiger partial charge >= 0.3 is 0 Å². The Bertz CT molecular complexity index is 406. The van der Waals surface area contributed by atoms with Gasteiger partial charge < -0.3 is 5.32 Å². The van der Waals surface area contributed by atoms with E-state index in [1.165, 1.54) is 31.2 Å². The average molecular weight is 300 g/mol. The lowest BCUT2D eigenvalue weighted by Gasteiger charge is -2.21. The average Bonchev–Trinajstić information content (AvgIpc) is 2.83. The SMILES string of the molecule is CCCNCC1CCCC1Cc1cccc(Cl)c1Cl. The van der Waals surface area contributed by atoms with E-state index in [2.05, 4.69) is 18.3 Å². The summed E-state index contributed by atoms with van der Waals surface area (Å²) >= 11 is 12.4. The fourth-order valence-electron chi connectivity index (χ4n) is 3.10. The van der Waals surface area contributed by atoms with Crippen molar-refractivity contribution < 1.29 is 0 Å². The predicted molar refractivity (Wildman–Crippen MR) is 84.2 cm³/mol. The van der Waals surface area contributed by atoms with Gasteiger partial charge in [0.25, 0.3) is 0 Å². The molecule has 0 amide bonds. The number of hydrogen-bond acceptors (Lipinski definition) is 1. The Morgan fingerprint density at radius 1 is 1.21 bits per heavy atom. The molecule has 1 saturated carbocycles. The van der Waals surface area contributed by atoms with Crippen molar-refractivity contribution >= 4 is 23.2 Å². The fraction of sp³-hybridized carbons (Fsp3) is 0.625. The van der Waals surface area contributed by atoms with Gasteiger partial charge in [0.05, 0.1) is 10.0 Å². The first kappa shape index (κ1) is 15.2. The van der Waals surface area contributed by atoms with Crippen molar-refractivity contribution in [2.45, 2.75) is 39.0 Å². The molecule has 1 nitrogen and oxygen atoms in total. The molecule has 1 N–H and O–H groups in total. The van der Waals surface area contributed by atoms with Gasteiger partial charge in [0.2, 0.25) is 0 Å². The van der Waals surface area contributed by atoms with Gasteiger partial charge in [-0.25, -0.2) is 0 Å². The van der Waals surface area contributed by atoms with Crippen LogP contribution in [0.4, 0.5) is 0 Å². The van der Waals surface area contributed by atoms with E-state index >= 15 is 0 Å². The smallest absolute Gasteiger partial charge is 0.0624 e. The third kappa shape index (κ3) is 4.11. The number of halogens is 2. The molecule has 0 saturated heterocycles. The molecule has 2 unspecified atom stereocenters. The van der Waals surface area contributed by atoms with Crippen LogP contribution in [-0.2, 0) is 6.42 Å². The molecule has 1 aliphatic rings. The molecule has 1 aromatic rings. The number of hydrogen-bond donors (Lipinski definition) is 1. The standard InChI is InChI=1S/C16H23Cl2N/c1-2-9-19-11-14-7-3-5-12(14)10-13-6-4-8-15(17)16(13)18/h4,6,8,12,14,19H,2-3,5,7,9-11H2,1H3. The molecule has 0 radical (unpaired) electrons. The molecule has 1 aliphatic carbocycles. The minimum atomic E-state index is 0.679. The summed E-state index contributed by atoms with van der Waals surface area (Å²) in [4.78, 5) is 0. The molecule has 2 atom stereocenters. The Balaban J connectivity index is 1.95. The Morgan fingerprint density at radius 3 is 2.79 bits per heavy atom. The lowest BCUT2D eigenvalue weighted by molar-refractivity contribution is 0.365. The number of nitrogens with one attached hydrogen (secondary N) is 1. The summed E-state index contributed by atoms with van der Waals surface area (Å²) in [7, 11) is 0. The monoisotopic (exact) mass is 299 g/mol. The molecule has 0 aliphatic heterocycles. The van der Waals surface area contributed by atoms with Crippen molar-refractivity contribution in [2.24, 2.45) is 11.8 Å². The van der Waals surface area contributed by atoms with E-state index in [1.807, 2.05) is 12.1 Å². The molecule has 19 heavy (non-hydrogen) atoms. The summed E-state index contributed by atoms with van der Waals surface area (Å²) in [6.45, 7) is 4.49. The van der Waals surface area contributed by atoms with Gasteiger partial charge in [0, 0.05) is 0 Å². The van der Waals surface area contributed by atoms with Gasteiger partial charge in [-0.05, 0) is 62.2 Å². The van der Waals surface area contributed by atoms with Gasteiger partial charge in [-0.1, -0.05) is 48.7 Å². The Labute approximate surface area is 126 Å². The minimum absolute atomic E-state index is 0.679. The second-order valence-electron chi connectivity index (χ2n) is 5.57. The van der Waals surface area contributed by atoms with Crippen LogP contribution in [0.25, 0.3) is 0 Å². The van der Waals surface area contributed by atoms with Crippen LogP contribution in [0.1, 0.15) is 38.2 Å². The molecule has 0 aromatic heterocycles. The molecule has 1 aromatic carbocycles. The highest BCUT2D eigenvalue weighted by atomic mass is 35.5. The normalized spacial score (nSPS) is 22.9. The maximum absolute atomic E-state index is 6.30. The summed E-state index contributed by atoms with van der Waals surface area (Å²) in [5, 5.41) is 4.98. The van der Waals surface area contributed by atoms with Crippen LogP contribution in [0.15, 0.2) is 18.2 Å². The maximum Gasteiger partial charge on any atom is 0.0624 e. The van der Waals surface area contributed by atoms with Crippen LogP contribution in [0, 0.1) is 11.8 Å². The first-order chi connectivity index (χ1) is 9.22. The van der Waals surface area contributed by atoms with Gasteiger partial charge in [-0.15, -0.1) is 0 Å². The maximum atomic E-state index is 6.30. The van der Waals surface area contributed by atoms with Crippen LogP contribution in [0.3, 0.4) is 0 Å². The predicted octanol–water partition coefficient (Wildman–Crippen LogP) is 4.95. The first-order valence-electron chi connectivity index (χ1n) is 7.36. The third-order valence-electron chi connectivity index (χ3n) is 4.16. The van der Waals surface area contributed by atoms with Crippen molar-refractivity contribution in [3.8, 4) is 0 Å². The molecule has 0 heterocycles. The summed E-state index contributed by atoms with van der Waals surface area (Å²) in [5.41, 5.74) is 1.21. The Morgan fingerprint density at radius 2 is 2.00 bits per heavy atom. The number of benzene rings is 1. The highest BCUT2D eigenvalue weighted by Gasteiger charge is 2.27. The van der Waals surface area contributed by atoms with Crippen molar-refractivity contribution in [1.82, 2.24) is 5.32 Å². The Kier molecular flexibility index (Phi) is 6.00. The van der Waals surface area contributed by atoms with Crippen molar-refractivity contribution in [1.29, 1.82) is 0 Å². The van der Waals surface area contributed by atoms with Crippen LogP contribution in [-0.4, -0.2) is 13.1 Å². The van der Waals surface area contributed by atoms with E-state index in [0.717, 1.165) is 36.4 Å². The number of rotatable bonds is 6. The lowest BCUT2D eigenvalue weighted by atomic mass is 9.89. The van der Waals surface area contributed by atoms with E-state index in [-0.39, 0.29) is 0 Å². The van der Waals surface area contributed by atoms with E-state index in [4.69, 9.17) is 23.2 Å². The molecule has 1 fully saturated rings. The highest BCUT2D eigenvalue weighted by molar-refractivity contribution is 6.42. The minimum Gasteiger partial charge on any atom is -0.316 e. The fourth-order valence-corrected chi connectivity index (χ4v) is 3.50. The van der Waals surface area contributed by atoms with Crippen LogP contribution in [0.5, 0.6) is 0 Å². The molecule has 106 valence electrons. The van der Waals surface area contributed by atoms with Crippen LogP contribution in [0.2, 0.25) is 10.0 Å². The topological polar surface area (TPSA) is 12.0 Å². The van der Waals surface area contributed by atoms with Crippen molar-refractivity contribution in [3.05, 3.63) is 33.8 Å². The molecule has 2 rings (SSSR count). The summed E-state index contributed by atoms with van der Waals surface area (Å²) in [6, 6.07) is 5.98. The molecular formula is C16H23Cl2N. The van der Waals surface area contributed by atoms with Gasteiger partial charge in [-0.3, -0.25) is 0 Å². The summed E-state index contributed by atoms with van der Waals surface area (Å²) in [6.07, 6.45) is 6.29. The van der Waals surface area contributed by atoms with E-state index in [0.29, 0.717) is 5.02 Å². The second-order valence-corrected chi connectivity index (χ2v) is 6.36. The summed E-state index contributed by atoms with van der Waals surface area (Å²) < 4.78 is 0. The van der Waals surface area contributed by atoms with E-state index < -0.39 is 0 Å².